The molecule has 1 aromatic rings. The lowest BCUT2D eigenvalue weighted by molar-refractivity contribution is -0.385. The summed E-state index contributed by atoms with van der Waals surface area (Å²) in [6.45, 7) is 0. The first-order valence-electron chi connectivity index (χ1n) is 3.88. The number of nitrogens with zero attached hydrogens (tertiary/aromatic N) is 1. The van der Waals surface area contributed by atoms with E-state index in [1.54, 1.807) is 0 Å². The van der Waals surface area contributed by atoms with E-state index in [1.807, 2.05) is 0 Å². The van der Waals surface area contributed by atoms with Gasteiger partial charge in [0, 0.05) is 33.5 Å². The predicted molar refractivity (Wildman–Crippen MR) is 63.5 cm³/mol. The van der Waals surface area contributed by atoms with Crippen LogP contribution in [0.15, 0.2) is 23.1 Å². The van der Waals surface area contributed by atoms with Crippen molar-refractivity contribution in [2.45, 2.75) is 4.90 Å². The molecule has 1 rings (SSSR count). The molecule has 0 fully saturated rings. The Balaban J connectivity index is 0.000000555. The standard InChI is InChI=1S/C6H3ClFNO4S.ClHO3S/c7-14(12,13)6-3-4(9(10)11)1-2-5(6)8;1-5(2,3)4/h1-3H;(H,2,3,4). The predicted octanol–water partition coefficient (Wildman–Crippen LogP) is 1.69. The Kier molecular flexibility index (Phi) is 6.09. The van der Waals surface area contributed by atoms with Gasteiger partial charge in [-0.15, -0.1) is 0 Å². The van der Waals surface area contributed by atoms with Gasteiger partial charge in [-0.25, -0.2) is 12.8 Å². The molecule has 0 saturated carbocycles. The summed E-state index contributed by atoms with van der Waals surface area (Å²) in [7, 11) is 0.417. The van der Waals surface area contributed by atoms with Crippen molar-refractivity contribution in [2.24, 2.45) is 0 Å². The molecule has 13 heteroatoms. The molecule has 1 aromatic carbocycles. The molecule has 0 aliphatic heterocycles. The third-order valence-corrected chi connectivity index (χ3v) is 2.73. The first kappa shape index (κ1) is 18.0. The minimum atomic E-state index is -4.30. The minimum absolute atomic E-state index is 0.536. The van der Waals surface area contributed by atoms with E-state index in [-0.39, 0.29) is 0 Å². The van der Waals surface area contributed by atoms with Crippen molar-refractivity contribution in [1.29, 1.82) is 0 Å². The van der Waals surface area contributed by atoms with Gasteiger partial charge in [0.1, 0.15) is 10.7 Å². The highest BCUT2D eigenvalue weighted by Crippen LogP contribution is 2.23. The van der Waals surface area contributed by atoms with E-state index in [9.17, 15) is 22.9 Å². The highest BCUT2D eigenvalue weighted by Gasteiger charge is 2.20. The lowest BCUT2D eigenvalue weighted by Gasteiger charge is -1.97. The molecular weight excluding hydrogens is 352 g/mol. The first-order valence-corrected chi connectivity index (χ1v) is 8.45. The normalized spacial score (nSPS) is 11.4. The van der Waals surface area contributed by atoms with Crippen LogP contribution in [-0.2, 0) is 18.4 Å². The summed E-state index contributed by atoms with van der Waals surface area (Å²) in [4.78, 5) is 8.50. The number of hydrogen-bond acceptors (Lipinski definition) is 6. The average molecular weight is 356 g/mol. The summed E-state index contributed by atoms with van der Waals surface area (Å²) in [5.41, 5.74) is -0.536. The van der Waals surface area contributed by atoms with Crippen molar-refractivity contribution in [2.75, 3.05) is 0 Å². The van der Waals surface area contributed by atoms with Gasteiger partial charge in [0.15, 0.2) is 0 Å². The largest absolute Gasteiger partial charge is 0.353 e. The van der Waals surface area contributed by atoms with Crippen molar-refractivity contribution in [3.05, 3.63) is 34.1 Å². The van der Waals surface area contributed by atoms with Gasteiger partial charge < -0.3 is 0 Å². The third kappa shape index (κ3) is 7.89. The zero-order chi connectivity index (χ0) is 15.4. The van der Waals surface area contributed by atoms with Crippen LogP contribution in [-0.4, -0.2) is 26.3 Å². The first-order chi connectivity index (χ1) is 8.32. The number of rotatable bonds is 2. The van der Waals surface area contributed by atoms with Crippen LogP contribution in [0, 0.1) is 15.9 Å². The number of nitro benzene ring substituents is 1. The molecule has 0 aliphatic carbocycles. The summed E-state index contributed by atoms with van der Waals surface area (Å²) in [6.07, 6.45) is 0. The topological polar surface area (TPSA) is 132 Å². The lowest BCUT2D eigenvalue weighted by Crippen LogP contribution is -1.97. The van der Waals surface area contributed by atoms with E-state index in [2.05, 4.69) is 10.7 Å². The molecule has 0 spiro atoms. The summed E-state index contributed by atoms with van der Waals surface area (Å²) in [5, 5.41) is 10.2. The number of non-ortho nitro benzene ring substituents is 1. The Morgan fingerprint density at radius 2 is 1.63 bits per heavy atom. The van der Waals surface area contributed by atoms with Gasteiger partial charge >= 0.3 is 9.33 Å². The van der Waals surface area contributed by atoms with E-state index in [4.69, 9.17) is 23.7 Å². The quantitative estimate of drug-likeness (QED) is 0.369. The van der Waals surface area contributed by atoms with E-state index in [0.717, 1.165) is 6.07 Å². The van der Waals surface area contributed by atoms with Gasteiger partial charge in [0.25, 0.3) is 14.7 Å². The van der Waals surface area contributed by atoms with Crippen molar-refractivity contribution in [3.8, 4) is 0 Å². The van der Waals surface area contributed by atoms with Gasteiger partial charge in [0.05, 0.1) is 4.92 Å². The second-order valence-corrected chi connectivity index (χ2v) is 7.25. The Morgan fingerprint density at radius 1 is 1.21 bits per heavy atom. The van der Waals surface area contributed by atoms with Crippen LogP contribution in [0.5, 0.6) is 0 Å². The number of nitro groups is 1. The molecule has 19 heavy (non-hydrogen) atoms. The maximum Gasteiger partial charge on any atom is 0.353 e. The lowest BCUT2D eigenvalue weighted by atomic mass is 10.3. The molecule has 1 N–H and O–H groups in total. The summed E-state index contributed by atoms with van der Waals surface area (Å²) >= 11 is 0. The number of benzene rings is 1. The van der Waals surface area contributed by atoms with Crippen molar-refractivity contribution < 1.29 is 30.7 Å². The van der Waals surface area contributed by atoms with Crippen LogP contribution in [0.3, 0.4) is 0 Å². The second-order valence-electron chi connectivity index (χ2n) is 2.72. The zero-order valence-electron chi connectivity index (χ0n) is 8.53. The van der Waals surface area contributed by atoms with Gasteiger partial charge in [-0.2, -0.15) is 8.42 Å². The van der Waals surface area contributed by atoms with Crippen molar-refractivity contribution in [3.63, 3.8) is 0 Å². The Morgan fingerprint density at radius 3 is 1.95 bits per heavy atom. The Hall–Kier alpha value is -1.01. The second kappa shape index (κ2) is 6.43. The zero-order valence-corrected chi connectivity index (χ0v) is 11.7. The van der Waals surface area contributed by atoms with E-state index < -0.39 is 39.7 Å². The summed E-state index contributed by atoms with van der Waals surface area (Å²) < 4.78 is 59.5. The minimum Gasteiger partial charge on any atom is -0.273 e. The van der Waals surface area contributed by atoms with Crippen molar-refractivity contribution in [1.82, 2.24) is 0 Å². The Labute approximate surface area is 115 Å². The van der Waals surface area contributed by atoms with Crippen LogP contribution in [0.4, 0.5) is 10.1 Å². The maximum atomic E-state index is 12.8. The fourth-order valence-electron chi connectivity index (χ4n) is 0.792. The molecule has 0 bridgehead atoms. The maximum absolute atomic E-state index is 12.8. The van der Waals surface area contributed by atoms with Crippen LogP contribution < -0.4 is 0 Å². The fraction of sp³-hybridized carbons (Fsp3) is 0. The van der Waals surface area contributed by atoms with E-state index >= 15 is 0 Å². The van der Waals surface area contributed by atoms with Gasteiger partial charge in [-0.3, -0.25) is 14.7 Å². The summed E-state index contributed by atoms with van der Waals surface area (Å²) in [5.74, 6) is -1.12. The molecule has 0 radical (unpaired) electrons. The highest BCUT2D eigenvalue weighted by atomic mass is 35.7. The van der Waals surface area contributed by atoms with Crippen LogP contribution in [0.2, 0.25) is 0 Å². The van der Waals surface area contributed by atoms with Crippen LogP contribution in [0.25, 0.3) is 0 Å². The van der Waals surface area contributed by atoms with Crippen LogP contribution in [0.1, 0.15) is 0 Å². The molecular formula is C6H4Cl2FNO7S2. The molecule has 0 aliphatic rings. The summed E-state index contributed by atoms with van der Waals surface area (Å²) in [6, 6.07) is 2.09. The van der Waals surface area contributed by atoms with Crippen LogP contribution >= 0.6 is 21.4 Å². The van der Waals surface area contributed by atoms with E-state index in [0.29, 0.717) is 12.1 Å². The molecule has 0 saturated heterocycles. The molecule has 0 amide bonds. The number of hydrogen-bond donors (Lipinski definition) is 1. The smallest absolute Gasteiger partial charge is 0.273 e. The average Bonchev–Trinajstić information content (AvgIpc) is 2.13. The molecule has 8 nitrogen and oxygen atoms in total. The van der Waals surface area contributed by atoms with Gasteiger partial charge in [0.2, 0.25) is 0 Å². The third-order valence-electron chi connectivity index (χ3n) is 1.39. The van der Waals surface area contributed by atoms with Crippen molar-refractivity contribution >= 4 is 45.4 Å². The number of halogens is 3. The van der Waals surface area contributed by atoms with Gasteiger partial charge in [-0.05, 0) is 6.07 Å². The fourth-order valence-corrected chi connectivity index (χ4v) is 1.71. The Bertz CT molecular complexity index is 680. The molecule has 0 unspecified atom stereocenters. The molecule has 0 aromatic heterocycles. The monoisotopic (exact) mass is 355 g/mol. The molecule has 108 valence electrons. The molecule has 0 heterocycles. The highest BCUT2D eigenvalue weighted by molar-refractivity contribution is 8.13. The SMILES string of the molecule is O=S(=O)(O)Cl.O=[N+]([O-])c1ccc(F)c(S(=O)(=O)Cl)c1. The van der Waals surface area contributed by atoms with Gasteiger partial charge in [-0.1, -0.05) is 0 Å². The molecule has 0 atom stereocenters. The van der Waals surface area contributed by atoms with E-state index in [1.165, 1.54) is 0 Å².